The minimum absolute atomic E-state index is 0.325. The standard InChI is InChI=1S/C22H21N5O2/c23-12-15-6-7-18-17(11-15)19(20(28)22(29-18)8-2-1-3-9-22)27-21(26-14-24)16-5-4-10-25-13-16/h4-7,10-11,13,19-20,28H,1-3,8-9H2,(H,26,27)/t19-,20+/m0/s1. The van der Waals surface area contributed by atoms with Crippen LogP contribution in [0.15, 0.2) is 47.7 Å². The Morgan fingerprint density at radius 2 is 2.07 bits per heavy atom. The zero-order chi connectivity index (χ0) is 20.3. The Labute approximate surface area is 169 Å². The van der Waals surface area contributed by atoms with Gasteiger partial charge in [-0.3, -0.25) is 15.3 Å². The van der Waals surface area contributed by atoms with Crippen molar-refractivity contribution in [1.29, 1.82) is 10.5 Å². The second-order valence-electron chi connectivity index (χ2n) is 7.44. The minimum atomic E-state index is -0.892. The van der Waals surface area contributed by atoms with Crippen molar-refractivity contribution in [3.8, 4) is 18.0 Å². The van der Waals surface area contributed by atoms with Crippen LogP contribution in [0.2, 0.25) is 0 Å². The zero-order valence-electron chi connectivity index (χ0n) is 15.9. The second-order valence-corrected chi connectivity index (χ2v) is 7.44. The maximum absolute atomic E-state index is 11.4. The minimum Gasteiger partial charge on any atom is -0.484 e. The molecule has 1 aromatic carbocycles. The van der Waals surface area contributed by atoms with Gasteiger partial charge in [0.25, 0.3) is 0 Å². The SMILES string of the molecule is N#CNC(=N[C@H]1c2cc(C#N)ccc2OC2(CCCCC2)[C@@H]1O)c1cccnc1. The van der Waals surface area contributed by atoms with Crippen molar-refractivity contribution in [2.24, 2.45) is 4.99 Å². The highest BCUT2D eigenvalue weighted by Gasteiger charge is 2.50. The van der Waals surface area contributed by atoms with Gasteiger partial charge < -0.3 is 9.84 Å². The van der Waals surface area contributed by atoms with Crippen LogP contribution in [0.5, 0.6) is 5.75 Å². The second kappa shape index (κ2) is 7.90. The summed E-state index contributed by atoms with van der Waals surface area (Å²) in [5, 5.41) is 32.5. The average molecular weight is 387 g/mol. The molecule has 1 aromatic heterocycles. The van der Waals surface area contributed by atoms with Gasteiger partial charge in [0.2, 0.25) is 0 Å². The van der Waals surface area contributed by atoms with Gasteiger partial charge in [0.05, 0.1) is 11.6 Å². The highest BCUT2D eigenvalue weighted by Crippen LogP contribution is 2.48. The monoisotopic (exact) mass is 387 g/mol. The van der Waals surface area contributed by atoms with E-state index in [1.54, 1.807) is 42.7 Å². The van der Waals surface area contributed by atoms with E-state index in [2.05, 4.69) is 16.4 Å². The normalized spacial score (nSPS) is 22.7. The van der Waals surface area contributed by atoms with Gasteiger partial charge in [0.1, 0.15) is 29.3 Å². The van der Waals surface area contributed by atoms with Gasteiger partial charge in [0, 0.05) is 23.5 Å². The fraction of sp³-hybridized carbons (Fsp3) is 0.364. The van der Waals surface area contributed by atoms with Gasteiger partial charge in [-0.1, -0.05) is 6.42 Å². The summed E-state index contributed by atoms with van der Waals surface area (Å²) in [4.78, 5) is 8.84. The van der Waals surface area contributed by atoms with Crippen molar-refractivity contribution in [2.45, 2.75) is 49.9 Å². The molecule has 0 radical (unpaired) electrons. The quantitative estimate of drug-likeness (QED) is 0.354. The molecule has 146 valence electrons. The number of aromatic nitrogens is 1. The van der Waals surface area contributed by atoms with Gasteiger partial charge in [-0.25, -0.2) is 0 Å². The molecule has 1 saturated carbocycles. The molecule has 2 aromatic rings. The molecule has 1 fully saturated rings. The van der Waals surface area contributed by atoms with Crippen LogP contribution in [0.3, 0.4) is 0 Å². The third kappa shape index (κ3) is 3.53. The lowest BCUT2D eigenvalue weighted by Gasteiger charge is -2.47. The lowest BCUT2D eigenvalue weighted by molar-refractivity contribution is -0.101. The Kier molecular flexibility index (Phi) is 5.16. The molecule has 2 aliphatic rings. The summed E-state index contributed by atoms with van der Waals surface area (Å²) in [7, 11) is 0. The molecule has 2 N–H and O–H groups in total. The number of aliphatic imine (C=N–C) groups is 1. The van der Waals surface area contributed by atoms with Crippen LogP contribution in [0.4, 0.5) is 0 Å². The molecule has 0 saturated heterocycles. The predicted molar refractivity (Wildman–Crippen MR) is 106 cm³/mol. The van der Waals surface area contributed by atoms with E-state index in [4.69, 9.17) is 9.73 Å². The molecule has 7 heteroatoms. The van der Waals surface area contributed by atoms with Crippen LogP contribution in [0.1, 0.15) is 54.8 Å². The lowest BCUT2D eigenvalue weighted by atomic mass is 9.75. The molecule has 1 spiro atoms. The molecule has 4 rings (SSSR count). The summed E-state index contributed by atoms with van der Waals surface area (Å²) < 4.78 is 6.32. The van der Waals surface area contributed by atoms with Crippen LogP contribution in [0.25, 0.3) is 0 Å². The molecule has 29 heavy (non-hydrogen) atoms. The van der Waals surface area contributed by atoms with E-state index in [9.17, 15) is 15.6 Å². The van der Waals surface area contributed by atoms with Gasteiger partial charge in [-0.2, -0.15) is 10.5 Å². The average Bonchev–Trinajstić information content (AvgIpc) is 2.77. The number of nitrogens with one attached hydrogen (secondary N) is 1. The summed E-state index contributed by atoms with van der Waals surface area (Å²) in [6.45, 7) is 0. The Balaban J connectivity index is 1.85. The molecular formula is C22H21N5O2. The van der Waals surface area contributed by atoms with Crippen molar-refractivity contribution in [1.82, 2.24) is 10.3 Å². The maximum atomic E-state index is 11.4. The number of benzene rings is 1. The zero-order valence-corrected chi connectivity index (χ0v) is 15.9. The van der Waals surface area contributed by atoms with Crippen molar-refractivity contribution < 1.29 is 9.84 Å². The first kappa shape index (κ1) is 18.9. The Bertz CT molecular complexity index is 1000. The molecule has 2 atom stereocenters. The highest BCUT2D eigenvalue weighted by molar-refractivity contribution is 5.99. The fourth-order valence-corrected chi connectivity index (χ4v) is 4.24. The molecule has 1 aliphatic carbocycles. The highest BCUT2D eigenvalue weighted by atomic mass is 16.5. The lowest BCUT2D eigenvalue weighted by Crippen LogP contribution is -2.54. The number of rotatable bonds is 2. The Morgan fingerprint density at radius 3 is 2.76 bits per heavy atom. The first-order chi connectivity index (χ1) is 14.2. The number of amidine groups is 1. The first-order valence-electron chi connectivity index (χ1n) is 9.71. The van der Waals surface area contributed by atoms with E-state index in [0.717, 1.165) is 32.1 Å². The van der Waals surface area contributed by atoms with E-state index >= 15 is 0 Å². The number of aliphatic hydroxyl groups excluding tert-OH is 1. The fourth-order valence-electron chi connectivity index (χ4n) is 4.24. The number of nitriles is 2. The van der Waals surface area contributed by atoms with Crippen molar-refractivity contribution in [2.75, 3.05) is 0 Å². The predicted octanol–water partition coefficient (Wildman–Crippen LogP) is 2.97. The van der Waals surface area contributed by atoms with Crippen LogP contribution in [0, 0.1) is 22.8 Å². The van der Waals surface area contributed by atoms with Crippen molar-refractivity contribution >= 4 is 5.84 Å². The molecule has 0 bridgehead atoms. The molecular weight excluding hydrogens is 366 g/mol. The van der Waals surface area contributed by atoms with Crippen LogP contribution >= 0.6 is 0 Å². The smallest absolute Gasteiger partial charge is 0.182 e. The summed E-state index contributed by atoms with van der Waals surface area (Å²) in [6, 6.07) is 10.2. The molecule has 2 heterocycles. The summed E-state index contributed by atoms with van der Waals surface area (Å²) in [5.74, 6) is 0.957. The largest absolute Gasteiger partial charge is 0.484 e. The van der Waals surface area contributed by atoms with Crippen LogP contribution in [-0.2, 0) is 0 Å². The topological polar surface area (TPSA) is 114 Å². The van der Waals surface area contributed by atoms with E-state index in [1.165, 1.54) is 0 Å². The molecule has 1 aliphatic heterocycles. The van der Waals surface area contributed by atoms with Crippen molar-refractivity contribution in [3.63, 3.8) is 0 Å². The number of aliphatic hydroxyl groups is 1. The van der Waals surface area contributed by atoms with Gasteiger partial charge in [-0.05, 0) is 56.0 Å². The first-order valence-corrected chi connectivity index (χ1v) is 9.71. The van der Waals surface area contributed by atoms with E-state index < -0.39 is 17.7 Å². The van der Waals surface area contributed by atoms with Gasteiger partial charge >= 0.3 is 0 Å². The maximum Gasteiger partial charge on any atom is 0.182 e. The summed E-state index contributed by atoms with van der Waals surface area (Å²) in [5.41, 5.74) is 1.05. The van der Waals surface area contributed by atoms with Crippen molar-refractivity contribution in [3.05, 3.63) is 59.4 Å². The van der Waals surface area contributed by atoms with Gasteiger partial charge in [0.15, 0.2) is 6.19 Å². The third-order valence-electron chi connectivity index (χ3n) is 5.69. The summed E-state index contributed by atoms with van der Waals surface area (Å²) in [6.07, 6.45) is 8.83. The number of ether oxygens (including phenoxy) is 1. The van der Waals surface area contributed by atoms with Gasteiger partial charge in [-0.15, -0.1) is 0 Å². The third-order valence-corrected chi connectivity index (χ3v) is 5.69. The summed E-state index contributed by atoms with van der Waals surface area (Å²) >= 11 is 0. The van der Waals surface area contributed by atoms with Crippen LogP contribution in [-0.4, -0.2) is 27.6 Å². The number of hydrogen-bond donors (Lipinski definition) is 2. The Morgan fingerprint density at radius 1 is 1.24 bits per heavy atom. The number of pyridine rings is 1. The number of nitrogens with zero attached hydrogens (tertiary/aromatic N) is 4. The van der Waals surface area contributed by atoms with E-state index in [1.807, 2.05) is 6.19 Å². The number of hydrogen-bond acceptors (Lipinski definition) is 6. The molecule has 7 nitrogen and oxygen atoms in total. The Hall–Kier alpha value is -3.42. The van der Waals surface area contributed by atoms with E-state index in [0.29, 0.717) is 28.3 Å². The molecule has 0 amide bonds. The van der Waals surface area contributed by atoms with Crippen LogP contribution < -0.4 is 10.1 Å². The number of fused-ring (bicyclic) bond motifs is 1. The van der Waals surface area contributed by atoms with E-state index in [-0.39, 0.29) is 0 Å². The molecule has 0 unspecified atom stereocenters.